The number of hydrogen-bond donors (Lipinski definition) is 0. The molecule has 29 heavy (non-hydrogen) atoms. The van der Waals surface area contributed by atoms with Crippen molar-refractivity contribution >= 4 is 27.8 Å². The summed E-state index contributed by atoms with van der Waals surface area (Å²) in [6.45, 7) is 1.12. The molecule has 0 spiro atoms. The van der Waals surface area contributed by atoms with Crippen molar-refractivity contribution in [2.24, 2.45) is 0 Å². The first-order valence-corrected chi connectivity index (χ1v) is 9.59. The number of para-hydroxylation sites is 2. The number of nitrogens with zero attached hydrogens (tertiary/aromatic N) is 2. The van der Waals surface area contributed by atoms with Crippen LogP contribution in [0.1, 0.15) is 17.0 Å². The molecule has 1 saturated heterocycles. The maximum absolute atomic E-state index is 12.9. The van der Waals surface area contributed by atoms with E-state index in [1.54, 1.807) is 18.1 Å². The van der Waals surface area contributed by atoms with Gasteiger partial charge in [-0.3, -0.25) is 4.79 Å². The van der Waals surface area contributed by atoms with Crippen LogP contribution in [-0.2, 0) is 0 Å². The first-order chi connectivity index (χ1) is 14.2. The van der Waals surface area contributed by atoms with Crippen molar-refractivity contribution in [1.82, 2.24) is 9.88 Å². The number of carbonyl (C=O) groups excluding carboxylic acids is 1. The van der Waals surface area contributed by atoms with Crippen LogP contribution in [0.2, 0.25) is 0 Å². The van der Waals surface area contributed by atoms with Crippen LogP contribution in [0.25, 0.3) is 21.9 Å². The fourth-order valence-electron chi connectivity index (χ4n) is 3.75. The van der Waals surface area contributed by atoms with Crippen LogP contribution in [0, 0.1) is 0 Å². The first-order valence-electron chi connectivity index (χ1n) is 9.59. The molecule has 0 unspecified atom stereocenters. The molecule has 1 atom stereocenters. The molecule has 6 nitrogen and oxygen atoms in total. The van der Waals surface area contributed by atoms with Gasteiger partial charge in [-0.2, -0.15) is 0 Å². The zero-order valence-corrected chi connectivity index (χ0v) is 16.0. The van der Waals surface area contributed by atoms with Crippen molar-refractivity contribution in [2.45, 2.75) is 12.5 Å². The van der Waals surface area contributed by atoms with Crippen LogP contribution in [-0.4, -0.2) is 42.1 Å². The predicted octanol–water partition coefficient (Wildman–Crippen LogP) is 4.28. The Kier molecular flexibility index (Phi) is 4.31. The van der Waals surface area contributed by atoms with Gasteiger partial charge in [0.25, 0.3) is 5.91 Å². The molecule has 0 radical (unpaired) electrons. The molecule has 2 aromatic heterocycles. The van der Waals surface area contributed by atoms with Gasteiger partial charge in [0.05, 0.1) is 19.2 Å². The largest absolute Gasteiger partial charge is 0.493 e. The van der Waals surface area contributed by atoms with Crippen LogP contribution < -0.4 is 9.47 Å². The van der Waals surface area contributed by atoms with E-state index in [1.807, 2.05) is 54.6 Å². The van der Waals surface area contributed by atoms with Crippen LogP contribution in [0.15, 0.2) is 65.1 Å². The minimum atomic E-state index is -0.138. The third kappa shape index (κ3) is 3.27. The first kappa shape index (κ1) is 17.6. The van der Waals surface area contributed by atoms with Gasteiger partial charge in [-0.25, -0.2) is 4.98 Å². The van der Waals surface area contributed by atoms with Crippen molar-refractivity contribution < 1.29 is 18.7 Å². The SMILES string of the molecule is COc1cccc2cc(C(=O)N3CC[C@H](Oc4ccc5ccccc5n4)C3)oc12. The number of benzene rings is 2. The van der Waals surface area contributed by atoms with Gasteiger partial charge in [0.2, 0.25) is 5.88 Å². The number of amides is 1. The number of carbonyl (C=O) groups is 1. The number of furan rings is 1. The van der Waals surface area contributed by atoms with E-state index in [0.29, 0.717) is 36.1 Å². The van der Waals surface area contributed by atoms with Gasteiger partial charge in [0, 0.05) is 29.8 Å². The molecule has 0 N–H and O–H groups in total. The summed E-state index contributed by atoms with van der Waals surface area (Å²) in [5.74, 6) is 1.37. The number of rotatable bonds is 4. The number of ether oxygens (including phenoxy) is 2. The number of aromatic nitrogens is 1. The van der Waals surface area contributed by atoms with Gasteiger partial charge in [0.1, 0.15) is 6.10 Å². The molecular formula is C23H20N2O4. The van der Waals surface area contributed by atoms with Crippen LogP contribution >= 0.6 is 0 Å². The lowest BCUT2D eigenvalue weighted by molar-refractivity contribution is 0.0742. The van der Waals surface area contributed by atoms with Crippen molar-refractivity contribution in [3.05, 3.63) is 66.4 Å². The molecule has 6 heteroatoms. The highest BCUT2D eigenvalue weighted by molar-refractivity contribution is 5.97. The normalized spacial score (nSPS) is 16.4. The number of methoxy groups -OCH3 is 1. The van der Waals surface area contributed by atoms with Gasteiger partial charge in [-0.05, 0) is 24.3 Å². The van der Waals surface area contributed by atoms with E-state index >= 15 is 0 Å². The number of fused-ring (bicyclic) bond motifs is 2. The minimum absolute atomic E-state index is 0.0912. The van der Waals surface area contributed by atoms with Crippen LogP contribution in [0.3, 0.4) is 0 Å². The minimum Gasteiger partial charge on any atom is -0.493 e. The topological polar surface area (TPSA) is 64.8 Å². The summed E-state index contributed by atoms with van der Waals surface area (Å²) >= 11 is 0. The molecular weight excluding hydrogens is 368 g/mol. The highest BCUT2D eigenvalue weighted by Crippen LogP contribution is 2.30. The molecule has 2 aromatic carbocycles. The summed E-state index contributed by atoms with van der Waals surface area (Å²) < 4.78 is 17.2. The molecule has 4 aromatic rings. The Balaban J connectivity index is 1.30. The lowest BCUT2D eigenvalue weighted by atomic mass is 10.2. The van der Waals surface area contributed by atoms with Crippen molar-refractivity contribution in [2.75, 3.05) is 20.2 Å². The molecule has 0 bridgehead atoms. The molecule has 1 fully saturated rings. The maximum atomic E-state index is 12.9. The van der Waals surface area contributed by atoms with Gasteiger partial charge in [0.15, 0.2) is 17.1 Å². The zero-order valence-electron chi connectivity index (χ0n) is 16.0. The molecule has 0 aliphatic carbocycles. The molecule has 0 saturated carbocycles. The van der Waals surface area contributed by atoms with Gasteiger partial charge >= 0.3 is 0 Å². The summed E-state index contributed by atoms with van der Waals surface area (Å²) in [6, 6.07) is 19.1. The highest BCUT2D eigenvalue weighted by atomic mass is 16.5. The molecule has 3 heterocycles. The highest BCUT2D eigenvalue weighted by Gasteiger charge is 2.30. The lowest BCUT2D eigenvalue weighted by Gasteiger charge is -2.16. The summed E-state index contributed by atoms with van der Waals surface area (Å²) in [4.78, 5) is 19.2. The summed E-state index contributed by atoms with van der Waals surface area (Å²) in [5, 5.41) is 1.92. The Morgan fingerprint density at radius 2 is 1.97 bits per heavy atom. The second-order valence-electron chi connectivity index (χ2n) is 7.11. The molecule has 1 aliphatic rings. The van der Waals surface area contributed by atoms with Crippen LogP contribution in [0.5, 0.6) is 11.6 Å². The van der Waals surface area contributed by atoms with E-state index in [9.17, 15) is 4.79 Å². The third-order valence-corrected chi connectivity index (χ3v) is 5.23. The molecule has 146 valence electrons. The fraction of sp³-hybridized carbons (Fsp3) is 0.217. The fourth-order valence-corrected chi connectivity index (χ4v) is 3.75. The van der Waals surface area contributed by atoms with Gasteiger partial charge in [-0.15, -0.1) is 0 Å². The Hall–Kier alpha value is -3.54. The smallest absolute Gasteiger partial charge is 0.289 e. The Labute approximate surface area is 167 Å². The van der Waals surface area contributed by atoms with Crippen molar-refractivity contribution in [3.8, 4) is 11.6 Å². The van der Waals surface area contributed by atoms with E-state index in [1.165, 1.54) is 0 Å². The molecule has 1 aliphatic heterocycles. The Bertz CT molecular complexity index is 1200. The Morgan fingerprint density at radius 3 is 2.86 bits per heavy atom. The third-order valence-electron chi connectivity index (χ3n) is 5.23. The monoisotopic (exact) mass is 388 g/mol. The summed E-state index contributed by atoms with van der Waals surface area (Å²) in [5.41, 5.74) is 1.48. The Morgan fingerprint density at radius 1 is 1.10 bits per heavy atom. The summed E-state index contributed by atoms with van der Waals surface area (Å²) in [6.07, 6.45) is 0.663. The van der Waals surface area contributed by atoms with E-state index in [-0.39, 0.29) is 12.0 Å². The summed E-state index contributed by atoms with van der Waals surface area (Å²) in [7, 11) is 1.59. The average molecular weight is 388 g/mol. The second kappa shape index (κ2) is 7.13. The van der Waals surface area contributed by atoms with E-state index < -0.39 is 0 Å². The molecule has 1 amide bonds. The number of pyridine rings is 1. The van der Waals surface area contributed by atoms with Gasteiger partial charge in [-0.1, -0.05) is 30.3 Å². The van der Waals surface area contributed by atoms with Crippen LogP contribution in [0.4, 0.5) is 0 Å². The van der Waals surface area contributed by atoms with E-state index in [0.717, 1.165) is 22.7 Å². The quantitative estimate of drug-likeness (QED) is 0.522. The average Bonchev–Trinajstić information content (AvgIpc) is 3.40. The van der Waals surface area contributed by atoms with Crippen molar-refractivity contribution in [3.63, 3.8) is 0 Å². The second-order valence-corrected chi connectivity index (χ2v) is 7.11. The van der Waals surface area contributed by atoms with Crippen molar-refractivity contribution in [1.29, 1.82) is 0 Å². The van der Waals surface area contributed by atoms with E-state index in [2.05, 4.69) is 4.98 Å². The lowest BCUT2D eigenvalue weighted by Crippen LogP contribution is -2.30. The standard InChI is InChI=1S/C23H20N2O4/c1-27-19-8-4-6-16-13-20(29-22(16)19)23(26)25-12-11-17(14-25)28-21-10-9-15-5-2-3-7-18(15)24-21/h2-10,13,17H,11-12,14H2,1H3/t17-/m0/s1. The number of likely N-dealkylation sites (tertiary alicyclic amines) is 1. The maximum Gasteiger partial charge on any atom is 0.289 e. The number of hydrogen-bond acceptors (Lipinski definition) is 5. The van der Waals surface area contributed by atoms with E-state index in [4.69, 9.17) is 13.9 Å². The molecule has 5 rings (SSSR count). The zero-order chi connectivity index (χ0) is 19.8. The predicted molar refractivity (Wildman–Crippen MR) is 109 cm³/mol. The van der Waals surface area contributed by atoms with Gasteiger partial charge < -0.3 is 18.8 Å².